The fourth-order valence-electron chi connectivity index (χ4n) is 2.92. The van der Waals surface area contributed by atoms with Gasteiger partial charge in [-0.05, 0) is 37.6 Å². The van der Waals surface area contributed by atoms with Crippen LogP contribution in [0.4, 0.5) is 4.39 Å². The summed E-state index contributed by atoms with van der Waals surface area (Å²) in [4.78, 5) is 2.29. The van der Waals surface area contributed by atoms with Crippen LogP contribution in [0.1, 0.15) is 29.7 Å². The van der Waals surface area contributed by atoms with Crippen molar-refractivity contribution in [1.82, 2.24) is 10.3 Å². The minimum atomic E-state index is -0.329. The highest BCUT2D eigenvalue weighted by Crippen LogP contribution is 2.28. The summed E-state index contributed by atoms with van der Waals surface area (Å²) >= 11 is 0. The van der Waals surface area contributed by atoms with Gasteiger partial charge in [0, 0.05) is 18.7 Å². The van der Waals surface area contributed by atoms with Crippen LogP contribution in [0.15, 0.2) is 12.1 Å². The Kier molecular flexibility index (Phi) is 5.10. The molecule has 4 nitrogen and oxygen atoms in total. The van der Waals surface area contributed by atoms with E-state index in [2.05, 4.69) is 17.2 Å². The molecule has 0 saturated carbocycles. The van der Waals surface area contributed by atoms with Crippen molar-refractivity contribution < 1.29 is 9.13 Å². The predicted octanol–water partition coefficient (Wildman–Crippen LogP) is 1.67. The summed E-state index contributed by atoms with van der Waals surface area (Å²) < 4.78 is 20.1. The van der Waals surface area contributed by atoms with Gasteiger partial charge in [-0.15, -0.1) is 0 Å². The zero-order chi connectivity index (χ0) is 14.7. The normalized spacial score (nSPS) is 21.9. The summed E-state index contributed by atoms with van der Waals surface area (Å²) in [6, 6.07) is 3.20. The Morgan fingerprint density at radius 1 is 1.50 bits per heavy atom. The first-order valence-electron chi connectivity index (χ1n) is 7.13. The fraction of sp³-hybridized carbons (Fsp3) is 0.600. The molecule has 2 atom stereocenters. The first-order chi connectivity index (χ1) is 9.56. The number of ether oxygens (including phenoxy) is 1. The first kappa shape index (κ1) is 15.4. The summed E-state index contributed by atoms with van der Waals surface area (Å²) in [6.45, 7) is 9.22. The van der Waals surface area contributed by atoms with E-state index >= 15 is 0 Å². The minimum Gasteiger partial charge on any atom is -0.374 e. The van der Waals surface area contributed by atoms with E-state index in [4.69, 9.17) is 10.6 Å². The predicted molar refractivity (Wildman–Crippen MR) is 77.8 cm³/mol. The molecule has 0 spiro atoms. The molecule has 0 amide bonds. The number of morpholine rings is 1. The van der Waals surface area contributed by atoms with Crippen molar-refractivity contribution in [3.8, 4) is 0 Å². The van der Waals surface area contributed by atoms with Gasteiger partial charge >= 0.3 is 0 Å². The number of hydrazine groups is 1. The van der Waals surface area contributed by atoms with E-state index in [1.165, 1.54) is 0 Å². The molecule has 2 unspecified atom stereocenters. The molecule has 1 fully saturated rings. The van der Waals surface area contributed by atoms with Gasteiger partial charge in [0.25, 0.3) is 0 Å². The number of halogens is 1. The van der Waals surface area contributed by atoms with Crippen molar-refractivity contribution >= 4 is 0 Å². The quantitative estimate of drug-likeness (QED) is 0.651. The first-order valence-corrected chi connectivity index (χ1v) is 7.13. The average Bonchev–Trinajstić information content (AvgIpc) is 2.42. The van der Waals surface area contributed by atoms with E-state index in [0.29, 0.717) is 12.2 Å². The van der Waals surface area contributed by atoms with Crippen LogP contribution in [0, 0.1) is 19.7 Å². The molecule has 1 aliphatic heterocycles. The van der Waals surface area contributed by atoms with Gasteiger partial charge in [0.15, 0.2) is 0 Å². The van der Waals surface area contributed by atoms with Crippen molar-refractivity contribution in [2.24, 2.45) is 5.84 Å². The lowest BCUT2D eigenvalue weighted by atomic mass is 9.94. The average molecular weight is 281 g/mol. The van der Waals surface area contributed by atoms with Crippen molar-refractivity contribution in [3.05, 3.63) is 34.6 Å². The van der Waals surface area contributed by atoms with Gasteiger partial charge in [0.2, 0.25) is 0 Å². The maximum Gasteiger partial charge on any atom is 0.128 e. The van der Waals surface area contributed by atoms with Crippen LogP contribution in [0.2, 0.25) is 0 Å². The Morgan fingerprint density at radius 2 is 2.25 bits per heavy atom. The number of nitrogens with two attached hydrogens (primary N) is 1. The topological polar surface area (TPSA) is 50.5 Å². The maximum absolute atomic E-state index is 14.3. The summed E-state index contributed by atoms with van der Waals surface area (Å²) in [5, 5.41) is 0. The molecule has 20 heavy (non-hydrogen) atoms. The highest BCUT2D eigenvalue weighted by molar-refractivity contribution is 5.35. The van der Waals surface area contributed by atoms with E-state index in [9.17, 15) is 4.39 Å². The lowest BCUT2D eigenvalue weighted by molar-refractivity contribution is -0.0462. The van der Waals surface area contributed by atoms with E-state index < -0.39 is 0 Å². The number of hydrogen-bond donors (Lipinski definition) is 2. The SMILES string of the molecule is CCN1CCOC(C(NN)c2c(C)cc(C)cc2F)C1. The highest BCUT2D eigenvalue weighted by Gasteiger charge is 2.30. The van der Waals surface area contributed by atoms with Crippen molar-refractivity contribution in [2.45, 2.75) is 32.9 Å². The van der Waals surface area contributed by atoms with Gasteiger partial charge in [-0.3, -0.25) is 16.2 Å². The Balaban J connectivity index is 2.28. The summed E-state index contributed by atoms with van der Waals surface area (Å²) in [7, 11) is 0. The third-order valence-electron chi connectivity index (χ3n) is 3.97. The Morgan fingerprint density at radius 3 is 2.85 bits per heavy atom. The molecule has 1 aromatic carbocycles. The fourth-order valence-corrected chi connectivity index (χ4v) is 2.92. The number of nitrogens with one attached hydrogen (secondary N) is 1. The number of nitrogens with zero attached hydrogens (tertiary/aromatic N) is 1. The molecular weight excluding hydrogens is 257 g/mol. The number of likely N-dealkylation sites (N-methyl/N-ethyl adjacent to an activating group) is 1. The van der Waals surface area contributed by atoms with Gasteiger partial charge < -0.3 is 4.74 Å². The number of benzene rings is 1. The molecule has 0 aromatic heterocycles. The monoisotopic (exact) mass is 281 g/mol. The van der Waals surface area contributed by atoms with Gasteiger partial charge in [0.1, 0.15) is 5.82 Å². The van der Waals surface area contributed by atoms with E-state index in [0.717, 1.165) is 30.8 Å². The molecule has 1 aliphatic rings. The number of rotatable bonds is 4. The molecule has 1 aromatic rings. The van der Waals surface area contributed by atoms with Crippen LogP contribution in [0.3, 0.4) is 0 Å². The van der Waals surface area contributed by atoms with Crippen LogP contribution in [0.5, 0.6) is 0 Å². The van der Waals surface area contributed by atoms with Gasteiger partial charge in [0.05, 0.1) is 18.8 Å². The molecule has 5 heteroatoms. The maximum atomic E-state index is 14.3. The minimum absolute atomic E-state index is 0.135. The second kappa shape index (κ2) is 6.63. The zero-order valence-electron chi connectivity index (χ0n) is 12.4. The van der Waals surface area contributed by atoms with Gasteiger partial charge in [-0.1, -0.05) is 13.0 Å². The summed E-state index contributed by atoms with van der Waals surface area (Å²) in [5.41, 5.74) is 5.18. The lowest BCUT2D eigenvalue weighted by Gasteiger charge is -2.37. The van der Waals surface area contributed by atoms with Crippen LogP contribution >= 0.6 is 0 Å². The van der Waals surface area contributed by atoms with Gasteiger partial charge in [-0.25, -0.2) is 4.39 Å². The van der Waals surface area contributed by atoms with E-state index in [1.54, 1.807) is 6.07 Å². The van der Waals surface area contributed by atoms with Crippen molar-refractivity contribution in [2.75, 3.05) is 26.2 Å². The second-order valence-corrected chi connectivity index (χ2v) is 5.42. The molecule has 2 rings (SSSR count). The van der Waals surface area contributed by atoms with Crippen molar-refractivity contribution in [1.29, 1.82) is 0 Å². The van der Waals surface area contributed by atoms with Crippen LogP contribution in [0.25, 0.3) is 0 Å². The standard InChI is InChI=1S/C15H24FN3O/c1-4-19-5-6-20-13(9-19)15(18-17)14-11(3)7-10(2)8-12(14)16/h7-8,13,15,18H,4-6,9,17H2,1-3H3. The van der Waals surface area contributed by atoms with Crippen LogP contribution < -0.4 is 11.3 Å². The smallest absolute Gasteiger partial charge is 0.128 e. The molecule has 0 aliphatic carbocycles. The molecule has 0 radical (unpaired) electrons. The third kappa shape index (κ3) is 3.17. The zero-order valence-corrected chi connectivity index (χ0v) is 12.4. The molecule has 0 bridgehead atoms. The lowest BCUT2D eigenvalue weighted by Crippen LogP contribution is -2.49. The molecule has 112 valence electrons. The largest absolute Gasteiger partial charge is 0.374 e. The third-order valence-corrected chi connectivity index (χ3v) is 3.97. The van der Waals surface area contributed by atoms with Crippen molar-refractivity contribution in [3.63, 3.8) is 0 Å². The Labute approximate surface area is 120 Å². The molecule has 1 heterocycles. The van der Waals surface area contributed by atoms with Crippen LogP contribution in [-0.4, -0.2) is 37.2 Å². The highest BCUT2D eigenvalue weighted by atomic mass is 19.1. The summed E-state index contributed by atoms with van der Waals surface area (Å²) in [5.74, 6) is 5.46. The Bertz CT molecular complexity index is 443. The van der Waals surface area contributed by atoms with E-state index in [-0.39, 0.29) is 18.0 Å². The Hall–Kier alpha value is -1.01. The summed E-state index contributed by atoms with van der Waals surface area (Å²) in [6.07, 6.45) is -0.135. The van der Waals surface area contributed by atoms with Crippen LogP contribution in [-0.2, 0) is 4.74 Å². The molecule has 3 N–H and O–H groups in total. The van der Waals surface area contributed by atoms with E-state index in [1.807, 2.05) is 19.9 Å². The number of aryl methyl sites for hydroxylation is 2. The second-order valence-electron chi connectivity index (χ2n) is 5.42. The number of hydrogen-bond acceptors (Lipinski definition) is 4. The molecular formula is C15H24FN3O. The molecule has 1 saturated heterocycles. The van der Waals surface area contributed by atoms with Gasteiger partial charge in [-0.2, -0.15) is 0 Å².